The van der Waals surface area contributed by atoms with Gasteiger partial charge in [0.25, 0.3) is 5.69 Å². The lowest BCUT2D eigenvalue weighted by Crippen LogP contribution is -2.35. The van der Waals surface area contributed by atoms with Gasteiger partial charge in [-0.1, -0.05) is 0 Å². The van der Waals surface area contributed by atoms with Crippen molar-refractivity contribution in [1.29, 1.82) is 0 Å². The summed E-state index contributed by atoms with van der Waals surface area (Å²) in [5.74, 6) is 0.250. The van der Waals surface area contributed by atoms with Crippen molar-refractivity contribution in [2.75, 3.05) is 6.61 Å². The van der Waals surface area contributed by atoms with E-state index in [0.29, 0.717) is 0 Å². The van der Waals surface area contributed by atoms with Gasteiger partial charge in [-0.2, -0.15) is 0 Å². The van der Waals surface area contributed by atoms with Gasteiger partial charge < -0.3 is 24.8 Å². The third-order valence-corrected chi connectivity index (χ3v) is 2.80. The number of nitrogens with zero attached hydrogens (tertiary/aromatic N) is 1. The Hall–Kier alpha value is -1.74. The SMILES string of the molecule is O=[N+]([O-])c1ccc(OC2O[C@H](CO)[C@@H](O)[C@@H]2O)cc1. The van der Waals surface area contributed by atoms with Crippen molar-refractivity contribution in [3.8, 4) is 5.75 Å². The van der Waals surface area contributed by atoms with Crippen molar-refractivity contribution in [3.05, 3.63) is 34.4 Å². The normalized spacial score (nSPS) is 30.3. The first kappa shape index (κ1) is 13.7. The van der Waals surface area contributed by atoms with Crippen molar-refractivity contribution in [2.45, 2.75) is 24.6 Å². The molecule has 104 valence electrons. The minimum absolute atomic E-state index is 0.0893. The average molecular weight is 271 g/mol. The number of benzene rings is 1. The van der Waals surface area contributed by atoms with Crippen LogP contribution in [0.5, 0.6) is 5.75 Å². The minimum atomic E-state index is -1.30. The van der Waals surface area contributed by atoms with E-state index in [1.165, 1.54) is 24.3 Å². The number of non-ortho nitro benzene ring substituents is 1. The molecule has 1 heterocycles. The molecular formula is C11H13NO7. The summed E-state index contributed by atoms with van der Waals surface area (Å²) >= 11 is 0. The number of hydrogen-bond acceptors (Lipinski definition) is 7. The summed E-state index contributed by atoms with van der Waals surface area (Å²) < 4.78 is 10.4. The molecule has 19 heavy (non-hydrogen) atoms. The van der Waals surface area contributed by atoms with Crippen molar-refractivity contribution < 1.29 is 29.7 Å². The maximum absolute atomic E-state index is 10.5. The van der Waals surface area contributed by atoms with E-state index in [-0.39, 0.29) is 11.4 Å². The lowest BCUT2D eigenvalue weighted by molar-refractivity contribution is -0.384. The third-order valence-electron chi connectivity index (χ3n) is 2.80. The molecule has 3 N–H and O–H groups in total. The Labute approximate surface area is 108 Å². The second kappa shape index (κ2) is 5.49. The van der Waals surface area contributed by atoms with Crippen LogP contribution in [-0.2, 0) is 4.74 Å². The quantitative estimate of drug-likeness (QED) is 0.494. The fourth-order valence-corrected chi connectivity index (χ4v) is 1.74. The maximum atomic E-state index is 10.5. The molecule has 2 rings (SSSR count). The molecule has 0 aromatic heterocycles. The molecule has 1 unspecified atom stereocenters. The van der Waals surface area contributed by atoms with Crippen molar-refractivity contribution in [3.63, 3.8) is 0 Å². The Bertz CT molecular complexity index is 449. The van der Waals surface area contributed by atoms with E-state index in [1.54, 1.807) is 0 Å². The molecule has 4 atom stereocenters. The van der Waals surface area contributed by atoms with Gasteiger partial charge in [0.1, 0.15) is 24.1 Å². The first-order valence-corrected chi connectivity index (χ1v) is 5.56. The van der Waals surface area contributed by atoms with Crippen LogP contribution in [0.15, 0.2) is 24.3 Å². The number of aliphatic hydroxyl groups excluding tert-OH is 3. The summed E-state index contributed by atoms with van der Waals surface area (Å²) in [6.07, 6.45) is -4.59. The van der Waals surface area contributed by atoms with Crippen LogP contribution >= 0.6 is 0 Å². The Kier molecular flexibility index (Phi) is 3.96. The largest absolute Gasteiger partial charge is 0.462 e. The molecule has 1 fully saturated rings. The summed E-state index contributed by atoms with van der Waals surface area (Å²) in [6.45, 7) is -0.446. The molecule has 0 aliphatic carbocycles. The summed E-state index contributed by atoms with van der Waals surface area (Å²) in [7, 11) is 0. The number of aliphatic hydroxyl groups is 3. The highest BCUT2D eigenvalue weighted by Gasteiger charge is 2.43. The van der Waals surface area contributed by atoms with Crippen molar-refractivity contribution >= 4 is 5.69 Å². The molecule has 0 amide bonds. The Morgan fingerprint density at radius 3 is 2.37 bits per heavy atom. The van der Waals surface area contributed by atoms with Crippen LogP contribution in [0.2, 0.25) is 0 Å². The number of rotatable bonds is 4. The molecular weight excluding hydrogens is 258 g/mol. The van der Waals surface area contributed by atoms with E-state index in [0.717, 1.165) is 0 Å². The second-order valence-electron chi connectivity index (χ2n) is 4.08. The predicted molar refractivity (Wildman–Crippen MR) is 61.5 cm³/mol. The molecule has 0 radical (unpaired) electrons. The Morgan fingerprint density at radius 2 is 1.89 bits per heavy atom. The topological polar surface area (TPSA) is 122 Å². The van der Waals surface area contributed by atoms with Crippen LogP contribution in [0.1, 0.15) is 0 Å². The molecule has 8 nitrogen and oxygen atoms in total. The van der Waals surface area contributed by atoms with Gasteiger partial charge in [-0.3, -0.25) is 10.1 Å². The highest BCUT2D eigenvalue weighted by atomic mass is 16.7. The minimum Gasteiger partial charge on any atom is -0.462 e. The van der Waals surface area contributed by atoms with Crippen LogP contribution in [-0.4, -0.2) is 51.5 Å². The Morgan fingerprint density at radius 1 is 1.26 bits per heavy atom. The fourth-order valence-electron chi connectivity index (χ4n) is 1.74. The van der Waals surface area contributed by atoms with E-state index in [9.17, 15) is 20.3 Å². The van der Waals surface area contributed by atoms with Crippen LogP contribution in [0.3, 0.4) is 0 Å². The second-order valence-corrected chi connectivity index (χ2v) is 4.08. The standard InChI is InChI=1S/C11H13NO7/c13-5-8-9(14)10(15)11(19-8)18-7-3-1-6(2-4-7)12(16)17/h1-4,8-11,13-15H,5H2/t8-,9-,10+,11?/m1/s1. The maximum Gasteiger partial charge on any atom is 0.269 e. The zero-order valence-electron chi connectivity index (χ0n) is 9.75. The third kappa shape index (κ3) is 2.82. The van der Waals surface area contributed by atoms with Gasteiger partial charge in [0.15, 0.2) is 0 Å². The van der Waals surface area contributed by atoms with E-state index < -0.39 is 36.1 Å². The van der Waals surface area contributed by atoms with Crippen molar-refractivity contribution in [2.24, 2.45) is 0 Å². The van der Waals surface area contributed by atoms with Gasteiger partial charge in [0.2, 0.25) is 6.29 Å². The average Bonchev–Trinajstić information content (AvgIpc) is 2.67. The van der Waals surface area contributed by atoms with Crippen LogP contribution in [0.4, 0.5) is 5.69 Å². The zero-order valence-corrected chi connectivity index (χ0v) is 9.75. The molecule has 1 aliphatic rings. The number of ether oxygens (including phenoxy) is 2. The van der Waals surface area contributed by atoms with Gasteiger partial charge in [-0.15, -0.1) is 0 Å². The predicted octanol–water partition coefficient (Wildman–Crippen LogP) is -0.587. The molecule has 0 bridgehead atoms. The highest BCUT2D eigenvalue weighted by molar-refractivity contribution is 5.36. The first-order valence-electron chi connectivity index (χ1n) is 5.56. The summed E-state index contributed by atoms with van der Waals surface area (Å²) in [4.78, 5) is 9.93. The molecule has 1 aromatic carbocycles. The number of hydrogen-bond donors (Lipinski definition) is 3. The van der Waals surface area contributed by atoms with Crippen LogP contribution in [0.25, 0.3) is 0 Å². The summed E-state index contributed by atoms with van der Waals surface area (Å²) in [5.41, 5.74) is -0.0893. The van der Waals surface area contributed by atoms with E-state index in [1.807, 2.05) is 0 Å². The molecule has 0 saturated carbocycles. The van der Waals surface area contributed by atoms with E-state index in [4.69, 9.17) is 14.6 Å². The first-order chi connectivity index (χ1) is 9.02. The molecule has 1 aromatic rings. The molecule has 8 heteroatoms. The zero-order chi connectivity index (χ0) is 14.0. The van der Waals surface area contributed by atoms with Gasteiger partial charge in [-0.25, -0.2) is 0 Å². The van der Waals surface area contributed by atoms with E-state index in [2.05, 4.69) is 0 Å². The summed E-state index contributed by atoms with van der Waals surface area (Å²) in [5, 5.41) is 38.5. The monoisotopic (exact) mass is 271 g/mol. The smallest absolute Gasteiger partial charge is 0.269 e. The van der Waals surface area contributed by atoms with Gasteiger partial charge in [0, 0.05) is 12.1 Å². The van der Waals surface area contributed by atoms with E-state index >= 15 is 0 Å². The molecule has 0 spiro atoms. The summed E-state index contributed by atoms with van der Waals surface area (Å²) in [6, 6.07) is 5.20. The fraction of sp³-hybridized carbons (Fsp3) is 0.455. The highest BCUT2D eigenvalue weighted by Crippen LogP contribution is 2.25. The molecule has 1 aliphatic heterocycles. The number of nitro benzene ring substituents is 1. The van der Waals surface area contributed by atoms with Gasteiger partial charge >= 0.3 is 0 Å². The van der Waals surface area contributed by atoms with Crippen molar-refractivity contribution in [1.82, 2.24) is 0 Å². The Balaban J connectivity index is 2.03. The number of nitro groups is 1. The van der Waals surface area contributed by atoms with Crippen LogP contribution < -0.4 is 4.74 Å². The van der Waals surface area contributed by atoms with Gasteiger partial charge in [0.05, 0.1) is 11.5 Å². The van der Waals surface area contributed by atoms with Gasteiger partial charge in [-0.05, 0) is 12.1 Å². The van der Waals surface area contributed by atoms with Crippen LogP contribution in [0, 0.1) is 10.1 Å². The lowest BCUT2D eigenvalue weighted by Gasteiger charge is -2.16. The molecule has 1 saturated heterocycles. The lowest BCUT2D eigenvalue weighted by atomic mass is 10.1.